The van der Waals surface area contributed by atoms with Gasteiger partial charge in [-0.1, -0.05) is 35.5 Å². The Morgan fingerprint density at radius 1 is 1.00 bits per heavy atom. The fraction of sp³-hybridized carbons (Fsp3) is 0.148. The Bertz CT molecular complexity index is 1360. The maximum atomic E-state index is 13.2. The molecule has 8 heteroatoms. The third-order valence-electron chi connectivity index (χ3n) is 5.45. The van der Waals surface area contributed by atoms with Crippen molar-refractivity contribution in [3.63, 3.8) is 0 Å². The Labute approximate surface area is 203 Å². The lowest BCUT2D eigenvalue weighted by atomic mass is 10.0. The molecule has 3 N–H and O–H groups in total. The summed E-state index contributed by atoms with van der Waals surface area (Å²) in [6.07, 6.45) is 1.59. The molecule has 0 spiro atoms. The second-order valence-electron chi connectivity index (χ2n) is 7.94. The minimum Gasteiger partial charge on any atom is -0.488 e. The number of anilines is 2. The van der Waals surface area contributed by atoms with Gasteiger partial charge in [0.15, 0.2) is 0 Å². The molecule has 0 saturated carbocycles. The van der Waals surface area contributed by atoms with Crippen LogP contribution in [0.3, 0.4) is 0 Å². The number of hydrogen-bond acceptors (Lipinski definition) is 5. The molecule has 0 saturated heterocycles. The Morgan fingerprint density at radius 3 is 2.29 bits per heavy atom. The van der Waals surface area contributed by atoms with E-state index in [0.717, 1.165) is 22.0 Å². The number of ether oxygens (including phenoxy) is 1. The van der Waals surface area contributed by atoms with Crippen LogP contribution < -0.4 is 20.7 Å². The van der Waals surface area contributed by atoms with Crippen LogP contribution in [0, 0.1) is 13.8 Å². The number of carbonyl (C=O) groups excluding carboxylic acids is 2. The zero-order valence-corrected chi connectivity index (χ0v) is 19.6. The number of benzene rings is 3. The van der Waals surface area contributed by atoms with Gasteiger partial charge in [0.1, 0.15) is 18.1 Å². The highest BCUT2D eigenvalue weighted by molar-refractivity contribution is 6.08. The van der Waals surface area contributed by atoms with Crippen LogP contribution in [0.15, 0.2) is 77.8 Å². The number of carbonyl (C=O) groups is 2. The maximum absolute atomic E-state index is 13.2. The smallest absolute Gasteiger partial charge is 0.319 e. The lowest BCUT2D eigenvalue weighted by Crippen LogP contribution is -2.28. The molecule has 0 unspecified atom stereocenters. The number of aryl methyl sites for hydroxylation is 2. The normalized spacial score (nSPS) is 10.6. The first-order valence-corrected chi connectivity index (χ1v) is 11.1. The molecule has 8 nitrogen and oxygen atoms in total. The van der Waals surface area contributed by atoms with Gasteiger partial charge in [-0.25, -0.2) is 4.79 Å². The summed E-state index contributed by atoms with van der Waals surface area (Å²) < 4.78 is 11.3. The van der Waals surface area contributed by atoms with Crippen molar-refractivity contribution in [3.8, 4) is 5.75 Å². The standard InChI is InChI=1S/C27H26N4O4/c1-4-13-28-27(33)30-22-11-9-21(10-12-22)29-26(32)23-14-19-7-5-6-8-20(19)15-25(23)34-16-24-17(2)31-35-18(24)3/h4-12,14-15H,1,13,16H2,2-3H3,(H,29,32)(H2,28,30,33). The van der Waals surface area contributed by atoms with Crippen molar-refractivity contribution < 1.29 is 18.8 Å². The molecule has 0 radical (unpaired) electrons. The van der Waals surface area contributed by atoms with Crippen LogP contribution in [0.4, 0.5) is 16.2 Å². The topological polar surface area (TPSA) is 105 Å². The van der Waals surface area contributed by atoms with Gasteiger partial charge in [-0.3, -0.25) is 4.79 Å². The summed E-state index contributed by atoms with van der Waals surface area (Å²) in [5.41, 5.74) is 3.18. The quantitative estimate of drug-likeness (QED) is 0.291. The molecule has 0 aliphatic carbocycles. The van der Waals surface area contributed by atoms with Crippen LogP contribution >= 0.6 is 0 Å². The van der Waals surface area contributed by atoms with Gasteiger partial charge in [0, 0.05) is 17.9 Å². The number of aromatic nitrogens is 1. The van der Waals surface area contributed by atoms with Gasteiger partial charge in [0.25, 0.3) is 5.91 Å². The molecule has 3 amide bonds. The first-order valence-electron chi connectivity index (χ1n) is 11.1. The van der Waals surface area contributed by atoms with E-state index in [9.17, 15) is 9.59 Å². The van der Waals surface area contributed by atoms with Crippen LogP contribution in [0.1, 0.15) is 27.4 Å². The van der Waals surface area contributed by atoms with Crippen molar-refractivity contribution >= 4 is 34.1 Å². The molecule has 0 fully saturated rings. The molecule has 1 heterocycles. The molecule has 0 aliphatic heterocycles. The number of fused-ring (bicyclic) bond motifs is 1. The second kappa shape index (κ2) is 10.6. The lowest BCUT2D eigenvalue weighted by molar-refractivity contribution is 0.102. The zero-order valence-electron chi connectivity index (χ0n) is 19.6. The van der Waals surface area contributed by atoms with E-state index in [1.54, 1.807) is 30.3 Å². The van der Waals surface area contributed by atoms with E-state index in [1.807, 2.05) is 50.2 Å². The zero-order chi connectivity index (χ0) is 24.8. The summed E-state index contributed by atoms with van der Waals surface area (Å²) in [4.78, 5) is 25.0. The monoisotopic (exact) mass is 470 g/mol. The summed E-state index contributed by atoms with van der Waals surface area (Å²) in [5, 5.41) is 14.1. The summed E-state index contributed by atoms with van der Waals surface area (Å²) in [6.45, 7) is 7.84. The molecular formula is C27H26N4O4. The highest BCUT2D eigenvalue weighted by atomic mass is 16.5. The predicted octanol–water partition coefficient (Wildman–Crippen LogP) is 5.58. The molecule has 35 heavy (non-hydrogen) atoms. The van der Waals surface area contributed by atoms with E-state index in [4.69, 9.17) is 9.26 Å². The third-order valence-corrected chi connectivity index (χ3v) is 5.45. The van der Waals surface area contributed by atoms with Crippen molar-refractivity contribution in [3.05, 3.63) is 95.9 Å². The molecule has 4 aromatic rings. The maximum Gasteiger partial charge on any atom is 0.319 e. The summed E-state index contributed by atoms with van der Waals surface area (Å²) >= 11 is 0. The third kappa shape index (κ3) is 5.67. The minimum absolute atomic E-state index is 0.230. The second-order valence-corrected chi connectivity index (χ2v) is 7.94. The van der Waals surface area contributed by atoms with Crippen molar-refractivity contribution in [1.82, 2.24) is 10.5 Å². The molecule has 178 valence electrons. The van der Waals surface area contributed by atoms with E-state index in [2.05, 4.69) is 27.7 Å². The summed E-state index contributed by atoms with van der Waals surface area (Å²) in [5.74, 6) is 0.827. The molecule has 0 bridgehead atoms. The molecule has 4 rings (SSSR count). The van der Waals surface area contributed by atoms with Gasteiger partial charge >= 0.3 is 6.03 Å². The number of rotatable bonds is 8. The molecular weight excluding hydrogens is 444 g/mol. The number of nitrogens with zero attached hydrogens (tertiary/aromatic N) is 1. The average molecular weight is 471 g/mol. The fourth-order valence-electron chi connectivity index (χ4n) is 3.55. The summed E-state index contributed by atoms with van der Waals surface area (Å²) in [6, 6.07) is 18.0. The van der Waals surface area contributed by atoms with Crippen molar-refractivity contribution in [2.75, 3.05) is 17.2 Å². The Morgan fingerprint density at radius 2 is 1.66 bits per heavy atom. The van der Waals surface area contributed by atoms with E-state index >= 15 is 0 Å². The largest absolute Gasteiger partial charge is 0.488 e. The highest BCUT2D eigenvalue weighted by Crippen LogP contribution is 2.29. The van der Waals surface area contributed by atoms with E-state index < -0.39 is 0 Å². The van der Waals surface area contributed by atoms with Gasteiger partial charge in [0.05, 0.1) is 16.8 Å². The number of urea groups is 1. The molecule has 0 atom stereocenters. The lowest BCUT2D eigenvalue weighted by Gasteiger charge is -2.14. The van der Waals surface area contributed by atoms with Crippen LogP contribution in [0.25, 0.3) is 10.8 Å². The SMILES string of the molecule is C=CCNC(=O)Nc1ccc(NC(=O)c2cc3ccccc3cc2OCc2c(C)noc2C)cc1. The number of hydrogen-bond donors (Lipinski definition) is 3. The Balaban J connectivity index is 1.53. The number of amides is 3. The van der Waals surface area contributed by atoms with E-state index in [0.29, 0.717) is 35.0 Å². The predicted molar refractivity (Wildman–Crippen MR) is 136 cm³/mol. The average Bonchev–Trinajstić information content (AvgIpc) is 3.18. The summed E-state index contributed by atoms with van der Waals surface area (Å²) in [7, 11) is 0. The molecule has 1 aromatic heterocycles. The molecule has 0 aliphatic rings. The fourth-order valence-corrected chi connectivity index (χ4v) is 3.55. The van der Waals surface area contributed by atoms with Crippen molar-refractivity contribution in [2.24, 2.45) is 0 Å². The minimum atomic E-state index is -0.335. The Kier molecular flexibility index (Phi) is 7.11. The first-order chi connectivity index (χ1) is 16.9. The van der Waals surface area contributed by atoms with Crippen LogP contribution in [-0.2, 0) is 6.61 Å². The van der Waals surface area contributed by atoms with Gasteiger partial charge in [-0.05, 0) is 61.0 Å². The van der Waals surface area contributed by atoms with E-state index in [1.165, 1.54) is 0 Å². The van der Waals surface area contributed by atoms with Crippen molar-refractivity contribution in [1.29, 1.82) is 0 Å². The first kappa shape index (κ1) is 23.6. The van der Waals surface area contributed by atoms with Gasteiger partial charge in [-0.15, -0.1) is 6.58 Å². The van der Waals surface area contributed by atoms with Crippen molar-refractivity contribution in [2.45, 2.75) is 20.5 Å². The Hall–Kier alpha value is -4.59. The van der Waals surface area contributed by atoms with E-state index in [-0.39, 0.29) is 18.5 Å². The van der Waals surface area contributed by atoms with Gasteiger partial charge in [0.2, 0.25) is 0 Å². The van der Waals surface area contributed by atoms with Crippen LogP contribution in [0.5, 0.6) is 5.75 Å². The van der Waals surface area contributed by atoms with Gasteiger partial charge < -0.3 is 25.2 Å². The molecule has 3 aromatic carbocycles. The van der Waals surface area contributed by atoms with Gasteiger partial charge in [-0.2, -0.15) is 0 Å². The number of nitrogens with one attached hydrogen (secondary N) is 3. The highest BCUT2D eigenvalue weighted by Gasteiger charge is 2.17. The van der Waals surface area contributed by atoms with Crippen LogP contribution in [-0.4, -0.2) is 23.6 Å². The van der Waals surface area contributed by atoms with Crippen LogP contribution in [0.2, 0.25) is 0 Å².